The Labute approximate surface area is 173 Å². The highest BCUT2D eigenvalue weighted by molar-refractivity contribution is 5.95. The van der Waals surface area contributed by atoms with Crippen molar-refractivity contribution >= 4 is 11.8 Å². The quantitative estimate of drug-likeness (QED) is 0.835. The minimum Gasteiger partial charge on any atom is -0.348 e. The highest BCUT2D eigenvalue weighted by Crippen LogP contribution is 2.30. The lowest BCUT2D eigenvalue weighted by atomic mass is 9.89. The summed E-state index contributed by atoms with van der Waals surface area (Å²) in [6.45, 7) is 9.82. The zero-order valence-corrected chi connectivity index (χ0v) is 17.9. The minimum absolute atomic E-state index is 0.0200. The first-order chi connectivity index (χ1) is 13.8. The maximum atomic E-state index is 12.9. The highest BCUT2D eigenvalue weighted by Gasteiger charge is 2.28. The van der Waals surface area contributed by atoms with Crippen molar-refractivity contribution in [3.63, 3.8) is 0 Å². The van der Waals surface area contributed by atoms with Crippen LogP contribution >= 0.6 is 0 Å². The van der Waals surface area contributed by atoms with Gasteiger partial charge in [-0.1, -0.05) is 43.7 Å². The van der Waals surface area contributed by atoms with E-state index in [9.17, 15) is 9.59 Å². The molecule has 0 radical (unpaired) electrons. The van der Waals surface area contributed by atoms with Gasteiger partial charge >= 0.3 is 0 Å². The first-order valence-corrected chi connectivity index (χ1v) is 10.4. The third kappa shape index (κ3) is 5.22. The van der Waals surface area contributed by atoms with E-state index < -0.39 is 0 Å². The maximum Gasteiger partial charge on any atom is 0.253 e. The van der Waals surface area contributed by atoms with Gasteiger partial charge in [-0.25, -0.2) is 0 Å². The molecule has 1 aliphatic rings. The summed E-state index contributed by atoms with van der Waals surface area (Å²) >= 11 is 0. The lowest BCUT2D eigenvalue weighted by Gasteiger charge is -2.33. The normalized spacial score (nSPS) is 14.9. The lowest BCUT2D eigenvalue weighted by molar-refractivity contribution is -0.135. The summed E-state index contributed by atoms with van der Waals surface area (Å²) in [6, 6.07) is 11.9. The molecule has 0 aliphatic carbocycles. The van der Waals surface area contributed by atoms with Crippen molar-refractivity contribution in [2.75, 3.05) is 13.1 Å². The first-order valence-electron chi connectivity index (χ1n) is 10.4. The number of hydrogen-bond donors (Lipinski definition) is 1. The van der Waals surface area contributed by atoms with Crippen molar-refractivity contribution in [1.82, 2.24) is 15.2 Å². The average Bonchev–Trinajstić information content (AvgIpc) is 2.71. The molecule has 1 aromatic heterocycles. The van der Waals surface area contributed by atoms with E-state index in [4.69, 9.17) is 4.98 Å². The van der Waals surface area contributed by atoms with E-state index in [1.54, 1.807) is 0 Å². The molecule has 5 heteroatoms. The fraction of sp³-hybridized carbons (Fsp3) is 0.458. The third-order valence-electron chi connectivity index (χ3n) is 5.53. The molecule has 2 amide bonds. The molecule has 1 aromatic carbocycles. The van der Waals surface area contributed by atoms with Crippen LogP contribution in [0.2, 0.25) is 0 Å². The molecule has 1 saturated heterocycles. The number of amides is 2. The Bertz CT molecular complexity index is 883. The third-order valence-corrected chi connectivity index (χ3v) is 5.53. The Balaban J connectivity index is 1.71. The van der Waals surface area contributed by atoms with E-state index in [2.05, 4.69) is 11.4 Å². The molecule has 1 aliphatic heterocycles. The van der Waals surface area contributed by atoms with E-state index in [-0.39, 0.29) is 23.7 Å². The zero-order valence-electron chi connectivity index (χ0n) is 17.9. The second kappa shape index (κ2) is 9.21. The summed E-state index contributed by atoms with van der Waals surface area (Å²) in [7, 11) is 0. The number of hydrogen-bond acceptors (Lipinski definition) is 3. The van der Waals surface area contributed by atoms with Crippen LogP contribution in [-0.2, 0) is 11.3 Å². The van der Waals surface area contributed by atoms with E-state index in [0.29, 0.717) is 12.1 Å². The number of carbonyl (C=O) groups excluding carboxylic acids is 2. The predicted molar refractivity (Wildman–Crippen MR) is 115 cm³/mol. The number of carbonyl (C=O) groups is 2. The molecule has 154 valence electrons. The van der Waals surface area contributed by atoms with Gasteiger partial charge in [0.05, 0.1) is 11.3 Å². The van der Waals surface area contributed by atoms with Crippen LogP contribution in [0.1, 0.15) is 65.5 Å². The molecule has 0 spiro atoms. The van der Waals surface area contributed by atoms with Gasteiger partial charge in [0.1, 0.15) is 0 Å². The molecule has 0 saturated carbocycles. The van der Waals surface area contributed by atoms with Gasteiger partial charge in [-0.2, -0.15) is 0 Å². The van der Waals surface area contributed by atoms with E-state index in [1.165, 1.54) is 5.56 Å². The number of aryl methyl sites for hydroxylation is 2. The highest BCUT2D eigenvalue weighted by atomic mass is 16.2. The number of piperidine rings is 1. The Hall–Kier alpha value is -2.69. The summed E-state index contributed by atoms with van der Waals surface area (Å²) in [5, 5.41) is 3.04. The molecule has 29 heavy (non-hydrogen) atoms. The van der Waals surface area contributed by atoms with Crippen molar-refractivity contribution in [3.8, 4) is 0 Å². The van der Waals surface area contributed by atoms with Crippen LogP contribution in [0, 0.1) is 19.8 Å². The van der Waals surface area contributed by atoms with E-state index in [1.807, 2.05) is 62.9 Å². The van der Waals surface area contributed by atoms with Gasteiger partial charge in [-0.3, -0.25) is 14.6 Å². The van der Waals surface area contributed by atoms with Crippen LogP contribution < -0.4 is 5.32 Å². The van der Waals surface area contributed by atoms with Crippen LogP contribution in [0.15, 0.2) is 36.4 Å². The summed E-state index contributed by atoms with van der Waals surface area (Å²) in [5.41, 5.74) is 4.69. The Morgan fingerprint density at radius 2 is 1.86 bits per heavy atom. The zero-order chi connectivity index (χ0) is 21.0. The summed E-state index contributed by atoms with van der Waals surface area (Å²) in [6.07, 6.45) is 1.68. The molecular weight excluding hydrogens is 362 g/mol. The summed E-state index contributed by atoms with van der Waals surface area (Å²) in [5.74, 6) is 0.337. The van der Waals surface area contributed by atoms with Gasteiger partial charge in [0.2, 0.25) is 5.91 Å². The predicted octanol–water partition coefficient (Wildman–Crippen LogP) is 3.99. The molecular formula is C24H31N3O2. The number of benzene rings is 1. The number of nitrogens with zero attached hydrogens (tertiary/aromatic N) is 2. The lowest BCUT2D eigenvalue weighted by Crippen LogP contribution is -2.40. The fourth-order valence-electron chi connectivity index (χ4n) is 3.92. The summed E-state index contributed by atoms with van der Waals surface area (Å²) < 4.78 is 0. The van der Waals surface area contributed by atoms with Crippen LogP contribution in [0.4, 0.5) is 0 Å². The van der Waals surface area contributed by atoms with Gasteiger partial charge < -0.3 is 10.2 Å². The number of pyridine rings is 1. The molecule has 2 aromatic rings. The largest absolute Gasteiger partial charge is 0.348 e. The Kier molecular flexibility index (Phi) is 6.68. The minimum atomic E-state index is -0.0882. The number of likely N-dealkylation sites (tertiary alicyclic amines) is 1. The SMILES string of the molecule is Cc1cccc(CNC(=O)c2ccc(C)nc2C2CCN(C(=O)C(C)C)CC2)c1. The number of rotatable bonds is 5. The second-order valence-corrected chi connectivity index (χ2v) is 8.31. The van der Waals surface area contributed by atoms with Crippen molar-refractivity contribution in [3.05, 3.63) is 64.5 Å². The maximum absolute atomic E-state index is 12.9. The monoisotopic (exact) mass is 393 g/mol. The van der Waals surface area contributed by atoms with Gasteiger partial charge in [-0.05, 0) is 44.4 Å². The summed E-state index contributed by atoms with van der Waals surface area (Å²) in [4.78, 5) is 31.9. The van der Waals surface area contributed by atoms with Crippen LogP contribution in [-0.4, -0.2) is 34.8 Å². The molecule has 5 nitrogen and oxygen atoms in total. The Morgan fingerprint density at radius 1 is 1.14 bits per heavy atom. The van der Waals surface area contributed by atoms with Crippen LogP contribution in [0.3, 0.4) is 0 Å². The first kappa shape index (κ1) is 21.0. The molecule has 0 atom stereocenters. The molecule has 0 bridgehead atoms. The van der Waals surface area contributed by atoms with Crippen molar-refractivity contribution < 1.29 is 9.59 Å². The fourth-order valence-corrected chi connectivity index (χ4v) is 3.92. The van der Waals surface area contributed by atoms with Crippen molar-refractivity contribution in [2.45, 2.75) is 53.0 Å². The molecule has 0 unspecified atom stereocenters. The van der Waals surface area contributed by atoms with Crippen molar-refractivity contribution in [1.29, 1.82) is 0 Å². The van der Waals surface area contributed by atoms with Gasteiger partial charge in [0.15, 0.2) is 0 Å². The average molecular weight is 394 g/mol. The second-order valence-electron chi connectivity index (χ2n) is 8.31. The molecule has 2 heterocycles. The van der Waals surface area contributed by atoms with Gasteiger partial charge in [-0.15, -0.1) is 0 Å². The smallest absolute Gasteiger partial charge is 0.253 e. The van der Waals surface area contributed by atoms with E-state index >= 15 is 0 Å². The molecule has 3 rings (SSSR count). The topological polar surface area (TPSA) is 62.3 Å². The van der Waals surface area contributed by atoms with Crippen molar-refractivity contribution in [2.24, 2.45) is 5.92 Å². The van der Waals surface area contributed by atoms with Crippen LogP contribution in [0.5, 0.6) is 0 Å². The van der Waals surface area contributed by atoms with Gasteiger partial charge in [0.25, 0.3) is 5.91 Å². The molecule has 1 fully saturated rings. The van der Waals surface area contributed by atoms with Crippen LogP contribution in [0.25, 0.3) is 0 Å². The number of nitrogens with one attached hydrogen (secondary N) is 1. The number of aromatic nitrogens is 1. The standard InChI is InChI=1S/C24H31N3O2/c1-16(2)24(29)27-12-10-20(11-13-27)22-21(9-8-18(4)26-22)23(28)25-15-19-7-5-6-17(3)14-19/h5-9,14,16,20H,10-13,15H2,1-4H3,(H,25,28). The van der Waals surface area contributed by atoms with E-state index in [0.717, 1.165) is 42.9 Å². The Morgan fingerprint density at radius 3 is 2.52 bits per heavy atom. The van der Waals surface area contributed by atoms with Gasteiger partial charge in [0, 0.05) is 37.2 Å². The molecule has 1 N–H and O–H groups in total.